The van der Waals surface area contributed by atoms with Gasteiger partial charge in [-0.3, -0.25) is 14.9 Å². The number of thioether (sulfide) groups is 1. The summed E-state index contributed by atoms with van der Waals surface area (Å²) in [7, 11) is 0. The number of hydrogen-bond acceptors (Lipinski definition) is 5. The molecule has 1 amide bonds. The Morgan fingerprint density at radius 1 is 1.29 bits per heavy atom. The van der Waals surface area contributed by atoms with Gasteiger partial charge in [0.1, 0.15) is 12.0 Å². The van der Waals surface area contributed by atoms with Gasteiger partial charge in [0.25, 0.3) is 5.69 Å². The zero-order valence-corrected chi connectivity index (χ0v) is 12.1. The van der Waals surface area contributed by atoms with Gasteiger partial charge in [-0.05, 0) is 25.1 Å². The molecule has 108 valence electrons. The van der Waals surface area contributed by atoms with Gasteiger partial charge in [-0.15, -0.1) is 11.8 Å². The van der Waals surface area contributed by atoms with Gasteiger partial charge < -0.3 is 5.32 Å². The van der Waals surface area contributed by atoms with Gasteiger partial charge in [0, 0.05) is 11.0 Å². The van der Waals surface area contributed by atoms with Crippen LogP contribution in [-0.4, -0.2) is 21.6 Å². The summed E-state index contributed by atoms with van der Waals surface area (Å²) in [4.78, 5) is 26.6. The highest BCUT2D eigenvalue weighted by atomic mass is 32.2. The molecular weight excluding hydrogens is 290 g/mol. The van der Waals surface area contributed by atoms with Crippen LogP contribution >= 0.6 is 11.8 Å². The number of benzene rings is 1. The Labute approximate surface area is 125 Å². The average Bonchev–Trinajstić information content (AvgIpc) is 2.47. The van der Waals surface area contributed by atoms with E-state index in [4.69, 9.17) is 0 Å². The number of amides is 1. The van der Waals surface area contributed by atoms with E-state index >= 15 is 0 Å². The summed E-state index contributed by atoms with van der Waals surface area (Å²) < 4.78 is 0. The minimum Gasteiger partial charge on any atom is -0.310 e. The maximum Gasteiger partial charge on any atom is 0.287 e. The van der Waals surface area contributed by atoms with Gasteiger partial charge >= 0.3 is 0 Å². The first-order chi connectivity index (χ1) is 10.0. The van der Waals surface area contributed by atoms with Crippen molar-refractivity contribution in [2.45, 2.75) is 11.8 Å². The predicted molar refractivity (Wildman–Crippen MR) is 81.4 cm³/mol. The summed E-state index contributed by atoms with van der Waals surface area (Å²) in [5.41, 5.74) is 1.06. The second kappa shape index (κ2) is 6.85. The van der Waals surface area contributed by atoms with Crippen molar-refractivity contribution in [2.24, 2.45) is 0 Å². The number of pyridine rings is 1. The summed E-state index contributed by atoms with van der Waals surface area (Å²) in [5, 5.41) is 13.1. The van der Waals surface area contributed by atoms with E-state index in [1.807, 2.05) is 31.2 Å². The van der Waals surface area contributed by atoms with Crippen LogP contribution in [0.15, 0.2) is 47.5 Å². The zero-order valence-electron chi connectivity index (χ0n) is 11.3. The van der Waals surface area contributed by atoms with E-state index in [9.17, 15) is 14.9 Å². The predicted octanol–water partition coefficient (Wildman–Crippen LogP) is 3.03. The largest absolute Gasteiger partial charge is 0.310 e. The molecule has 0 saturated carbocycles. The molecule has 1 aromatic carbocycles. The fraction of sp³-hybridized carbons (Fsp3) is 0.143. The SMILES string of the molecule is Cc1ccc(SCC(=O)Nc2ccc([N+](=O)[O-])cn2)cc1. The minimum atomic E-state index is -0.536. The first kappa shape index (κ1) is 15.0. The molecule has 7 heteroatoms. The number of rotatable bonds is 5. The molecule has 1 N–H and O–H groups in total. The maximum atomic E-state index is 11.8. The summed E-state index contributed by atoms with van der Waals surface area (Å²) in [6, 6.07) is 10.6. The molecule has 1 heterocycles. The third-order valence-corrected chi connectivity index (χ3v) is 3.63. The van der Waals surface area contributed by atoms with Crippen LogP contribution in [-0.2, 0) is 4.79 Å². The molecule has 2 aromatic rings. The van der Waals surface area contributed by atoms with E-state index in [1.165, 1.54) is 29.5 Å². The number of aryl methyl sites for hydroxylation is 1. The standard InChI is InChI=1S/C14H13N3O3S/c1-10-2-5-12(6-3-10)21-9-14(18)16-13-7-4-11(8-15-13)17(19)20/h2-8H,9H2,1H3,(H,15,16,18). The Morgan fingerprint density at radius 3 is 2.57 bits per heavy atom. The lowest BCUT2D eigenvalue weighted by molar-refractivity contribution is -0.385. The molecule has 0 atom stereocenters. The van der Waals surface area contributed by atoms with E-state index in [-0.39, 0.29) is 17.3 Å². The Balaban J connectivity index is 1.86. The van der Waals surface area contributed by atoms with Crippen molar-refractivity contribution in [1.82, 2.24) is 4.98 Å². The fourth-order valence-corrected chi connectivity index (χ4v) is 2.23. The summed E-state index contributed by atoms with van der Waals surface area (Å²) >= 11 is 1.42. The molecule has 0 radical (unpaired) electrons. The van der Waals surface area contributed by atoms with Crippen LogP contribution in [0.1, 0.15) is 5.56 Å². The number of hydrogen-bond donors (Lipinski definition) is 1. The number of carbonyl (C=O) groups excluding carboxylic acids is 1. The second-order valence-corrected chi connectivity index (χ2v) is 5.36. The van der Waals surface area contributed by atoms with E-state index in [1.54, 1.807) is 0 Å². The highest BCUT2D eigenvalue weighted by Gasteiger charge is 2.08. The lowest BCUT2D eigenvalue weighted by Gasteiger charge is -2.04. The van der Waals surface area contributed by atoms with Crippen LogP contribution < -0.4 is 5.32 Å². The Hall–Kier alpha value is -2.41. The van der Waals surface area contributed by atoms with Crippen molar-refractivity contribution in [3.05, 3.63) is 58.3 Å². The van der Waals surface area contributed by atoms with Crippen LogP contribution in [0.4, 0.5) is 11.5 Å². The van der Waals surface area contributed by atoms with Gasteiger partial charge in [0.2, 0.25) is 5.91 Å². The number of anilines is 1. The molecular formula is C14H13N3O3S. The molecule has 2 rings (SSSR count). The molecule has 21 heavy (non-hydrogen) atoms. The van der Waals surface area contributed by atoms with Crippen molar-refractivity contribution < 1.29 is 9.72 Å². The Kier molecular flexibility index (Phi) is 4.89. The summed E-state index contributed by atoms with van der Waals surface area (Å²) in [5.74, 6) is 0.346. The molecule has 6 nitrogen and oxygen atoms in total. The summed E-state index contributed by atoms with van der Waals surface area (Å²) in [6.45, 7) is 2.00. The van der Waals surface area contributed by atoms with Crippen LogP contribution in [0, 0.1) is 17.0 Å². The molecule has 0 fully saturated rings. The molecule has 0 unspecified atom stereocenters. The first-order valence-corrected chi connectivity index (χ1v) is 7.13. The third-order valence-electron chi connectivity index (χ3n) is 2.62. The van der Waals surface area contributed by atoms with Crippen molar-refractivity contribution >= 4 is 29.2 Å². The van der Waals surface area contributed by atoms with Crippen LogP contribution in [0.25, 0.3) is 0 Å². The fourth-order valence-electron chi connectivity index (χ4n) is 1.53. The number of carbonyl (C=O) groups is 1. The number of aromatic nitrogens is 1. The number of nitrogens with zero attached hydrogens (tertiary/aromatic N) is 2. The van der Waals surface area contributed by atoms with E-state index < -0.39 is 4.92 Å². The van der Waals surface area contributed by atoms with Crippen LogP contribution in [0.2, 0.25) is 0 Å². The molecule has 0 spiro atoms. The van der Waals surface area contributed by atoms with Crippen LogP contribution in [0.5, 0.6) is 0 Å². The molecule has 0 saturated heterocycles. The smallest absolute Gasteiger partial charge is 0.287 e. The van der Waals surface area contributed by atoms with E-state index in [0.717, 1.165) is 11.1 Å². The van der Waals surface area contributed by atoms with E-state index in [0.29, 0.717) is 5.82 Å². The van der Waals surface area contributed by atoms with Crippen molar-refractivity contribution in [1.29, 1.82) is 0 Å². The normalized spacial score (nSPS) is 10.1. The van der Waals surface area contributed by atoms with Gasteiger partial charge in [-0.25, -0.2) is 4.98 Å². The van der Waals surface area contributed by atoms with Gasteiger partial charge in [0.15, 0.2) is 0 Å². The van der Waals surface area contributed by atoms with E-state index in [2.05, 4.69) is 10.3 Å². The maximum absolute atomic E-state index is 11.8. The highest BCUT2D eigenvalue weighted by Crippen LogP contribution is 2.18. The lowest BCUT2D eigenvalue weighted by atomic mass is 10.2. The van der Waals surface area contributed by atoms with Crippen LogP contribution in [0.3, 0.4) is 0 Å². The Morgan fingerprint density at radius 2 is 2.00 bits per heavy atom. The van der Waals surface area contributed by atoms with Crippen molar-refractivity contribution in [2.75, 3.05) is 11.1 Å². The third kappa shape index (κ3) is 4.57. The molecule has 1 aromatic heterocycles. The quantitative estimate of drug-likeness (QED) is 0.521. The molecule has 0 aliphatic rings. The summed E-state index contributed by atoms with van der Waals surface area (Å²) in [6.07, 6.45) is 1.11. The van der Waals surface area contributed by atoms with Crippen molar-refractivity contribution in [3.8, 4) is 0 Å². The molecule has 0 aliphatic carbocycles. The average molecular weight is 303 g/mol. The minimum absolute atomic E-state index is 0.109. The zero-order chi connectivity index (χ0) is 15.2. The first-order valence-electron chi connectivity index (χ1n) is 6.14. The van der Waals surface area contributed by atoms with Gasteiger partial charge in [-0.2, -0.15) is 0 Å². The number of nitro groups is 1. The lowest BCUT2D eigenvalue weighted by Crippen LogP contribution is -2.14. The van der Waals surface area contributed by atoms with Crippen molar-refractivity contribution in [3.63, 3.8) is 0 Å². The topological polar surface area (TPSA) is 85.1 Å². The molecule has 0 bridgehead atoms. The Bertz CT molecular complexity index is 642. The molecule has 0 aliphatic heterocycles. The number of nitrogens with one attached hydrogen (secondary N) is 1. The van der Waals surface area contributed by atoms with Gasteiger partial charge in [0.05, 0.1) is 10.7 Å². The second-order valence-electron chi connectivity index (χ2n) is 4.31. The highest BCUT2D eigenvalue weighted by molar-refractivity contribution is 8.00. The monoisotopic (exact) mass is 303 g/mol. The van der Waals surface area contributed by atoms with Gasteiger partial charge in [-0.1, -0.05) is 17.7 Å².